The summed E-state index contributed by atoms with van der Waals surface area (Å²) in [4.78, 5) is 11.3. The van der Waals surface area contributed by atoms with E-state index in [1.165, 1.54) is 23.0 Å². The lowest BCUT2D eigenvalue weighted by molar-refractivity contribution is -0.123. The summed E-state index contributed by atoms with van der Waals surface area (Å²) in [5, 5.41) is 14.4. The van der Waals surface area contributed by atoms with Crippen LogP contribution in [-0.4, -0.2) is 32.3 Å². The molecule has 1 amide bonds. The van der Waals surface area contributed by atoms with Crippen molar-refractivity contribution in [3.05, 3.63) is 29.8 Å². The van der Waals surface area contributed by atoms with Gasteiger partial charge in [0.25, 0.3) is 5.91 Å². The van der Waals surface area contributed by atoms with Crippen LogP contribution < -0.4 is 0 Å². The number of thioether (sulfide) groups is 1. The average molecular weight is 252 g/mol. The van der Waals surface area contributed by atoms with Crippen molar-refractivity contribution in [2.75, 3.05) is 5.75 Å². The van der Waals surface area contributed by atoms with E-state index in [2.05, 4.69) is 5.10 Å². The Balaban J connectivity index is 2.15. The third kappa shape index (κ3) is 2.40. The van der Waals surface area contributed by atoms with Gasteiger partial charge in [0.2, 0.25) is 0 Å². The summed E-state index contributed by atoms with van der Waals surface area (Å²) in [6.45, 7) is 0. The van der Waals surface area contributed by atoms with Gasteiger partial charge in [-0.2, -0.15) is 10.1 Å². The van der Waals surface area contributed by atoms with Gasteiger partial charge in [-0.05, 0) is 17.7 Å². The first kappa shape index (κ1) is 11.1. The number of rotatable bonds is 2. The fraction of sp³-hybridized carbons (Fsp3) is 0.100. The van der Waals surface area contributed by atoms with Crippen molar-refractivity contribution in [1.82, 2.24) is 5.01 Å². The summed E-state index contributed by atoms with van der Waals surface area (Å²) in [6.07, 6.45) is 1.50. The lowest BCUT2D eigenvalue weighted by atomic mass is 10.2. The molecule has 1 saturated heterocycles. The van der Waals surface area contributed by atoms with E-state index in [-0.39, 0.29) is 11.7 Å². The highest BCUT2D eigenvalue weighted by molar-refractivity contribution is 8.23. The van der Waals surface area contributed by atoms with Gasteiger partial charge in [0.15, 0.2) is 4.32 Å². The van der Waals surface area contributed by atoms with E-state index >= 15 is 0 Å². The molecular weight excluding hydrogens is 244 g/mol. The van der Waals surface area contributed by atoms with Crippen LogP contribution in [0.1, 0.15) is 5.56 Å². The summed E-state index contributed by atoms with van der Waals surface area (Å²) >= 11 is 6.26. The number of carbonyl (C=O) groups excluding carboxylic acids is 1. The minimum absolute atomic E-state index is 0.119. The van der Waals surface area contributed by atoms with Crippen LogP contribution in [0.5, 0.6) is 5.75 Å². The predicted molar refractivity (Wildman–Crippen MR) is 67.6 cm³/mol. The maximum atomic E-state index is 11.3. The number of amides is 1. The molecule has 0 bridgehead atoms. The highest BCUT2D eigenvalue weighted by Gasteiger charge is 2.25. The van der Waals surface area contributed by atoms with Crippen molar-refractivity contribution in [2.24, 2.45) is 5.10 Å². The standard InChI is InChI=1S/C10H8N2O2S2/c13-8-3-1-2-7(4-8)5-11-12-9(14)6-16-10(12)15/h1-5,13H,6H2/b11-5-. The Morgan fingerprint density at radius 1 is 1.56 bits per heavy atom. The van der Waals surface area contributed by atoms with Crippen molar-refractivity contribution in [1.29, 1.82) is 0 Å². The summed E-state index contributed by atoms with van der Waals surface area (Å²) in [5.74, 6) is 0.385. The Morgan fingerprint density at radius 3 is 3.00 bits per heavy atom. The molecule has 1 aromatic rings. The molecule has 1 fully saturated rings. The minimum Gasteiger partial charge on any atom is -0.508 e. The van der Waals surface area contributed by atoms with E-state index in [4.69, 9.17) is 12.2 Å². The Bertz CT molecular complexity index is 458. The summed E-state index contributed by atoms with van der Waals surface area (Å²) < 4.78 is 0.460. The lowest BCUT2D eigenvalue weighted by Crippen LogP contribution is -2.22. The number of hydrogen-bond acceptors (Lipinski definition) is 5. The number of aromatic hydroxyl groups is 1. The van der Waals surface area contributed by atoms with Gasteiger partial charge in [-0.15, -0.1) is 0 Å². The second-order valence-electron chi connectivity index (χ2n) is 3.10. The molecule has 1 N–H and O–H groups in total. The summed E-state index contributed by atoms with van der Waals surface area (Å²) in [7, 11) is 0. The maximum absolute atomic E-state index is 11.3. The number of hydrogen-bond donors (Lipinski definition) is 1. The number of carbonyl (C=O) groups is 1. The molecule has 82 valence electrons. The second-order valence-corrected chi connectivity index (χ2v) is 4.71. The van der Waals surface area contributed by atoms with Crippen molar-refractivity contribution in [3.8, 4) is 5.75 Å². The minimum atomic E-state index is -0.119. The summed E-state index contributed by atoms with van der Waals surface area (Å²) in [6, 6.07) is 6.61. The molecule has 0 unspecified atom stereocenters. The quantitative estimate of drug-likeness (QED) is 0.641. The molecule has 2 rings (SSSR count). The van der Waals surface area contributed by atoms with Crippen molar-refractivity contribution < 1.29 is 9.90 Å². The van der Waals surface area contributed by atoms with E-state index < -0.39 is 0 Å². The molecule has 6 heteroatoms. The van der Waals surface area contributed by atoms with Crippen LogP contribution in [0, 0.1) is 0 Å². The highest BCUT2D eigenvalue weighted by atomic mass is 32.2. The van der Waals surface area contributed by atoms with Gasteiger partial charge in [0, 0.05) is 0 Å². The Kier molecular flexibility index (Phi) is 3.21. The monoisotopic (exact) mass is 252 g/mol. The third-order valence-corrected chi connectivity index (χ3v) is 3.26. The SMILES string of the molecule is O=C1CSC(=S)N1/N=C\c1cccc(O)c1. The number of benzene rings is 1. The van der Waals surface area contributed by atoms with Crippen LogP contribution in [0.15, 0.2) is 29.4 Å². The molecule has 0 aliphatic carbocycles. The zero-order chi connectivity index (χ0) is 11.5. The number of nitrogens with zero attached hydrogens (tertiary/aromatic N) is 2. The van der Waals surface area contributed by atoms with E-state index in [1.54, 1.807) is 24.3 Å². The fourth-order valence-corrected chi connectivity index (χ4v) is 2.15. The normalized spacial score (nSPS) is 16.4. The summed E-state index contributed by atoms with van der Waals surface area (Å²) in [5.41, 5.74) is 0.715. The lowest BCUT2D eigenvalue weighted by Gasteiger charge is -2.06. The highest BCUT2D eigenvalue weighted by Crippen LogP contribution is 2.19. The molecule has 0 atom stereocenters. The third-order valence-electron chi connectivity index (χ3n) is 1.92. The van der Waals surface area contributed by atoms with Crippen molar-refractivity contribution in [3.63, 3.8) is 0 Å². The average Bonchev–Trinajstić information content (AvgIpc) is 2.56. The van der Waals surface area contributed by atoms with Gasteiger partial charge in [0.1, 0.15) is 5.75 Å². The second kappa shape index (κ2) is 4.63. The van der Waals surface area contributed by atoms with Gasteiger partial charge >= 0.3 is 0 Å². The predicted octanol–water partition coefficient (Wildman–Crippen LogP) is 1.59. The van der Waals surface area contributed by atoms with E-state index in [0.29, 0.717) is 15.6 Å². The zero-order valence-corrected chi connectivity index (χ0v) is 9.79. The molecular formula is C10H8N2O2S2. The topological polar surface area (TPSA) is 52.9 Å². The van der Waals surface area contributed by atoms with Gasteiger partial charge < -0.3 is 5.11 Å². The molecule has 0 radical (unpaired) electrons. The largest absolute Gasteiger partial charge is 0.508 e. The molecule has 4 nitrogen and oxygen atoms in total. The zero-order valence-electron chi connectivity index (χ0n) is 8.16. The van der Waals surface area contributed by atoms with Gasteiger partial charge in [-0.25, -0.2) is 0 Å². The molecule has 1 aliphatic heterocycles. The molecule has 1 heterocycles. The molecule has 0 saturated carbocycles. The van der Waals surface area contributed by atoms with Gasteiger partial charge in [0.05, 0.1) is 12.0 Å². The van der Waals surface area contributed by atoms with Crippen LogP contribution in [-0.2, 0) is 4.79 Å². The van der Waals surface area contributed by atoms with Gasteiger partial charge in [-0.3, -0.25) is 4.79 Å². The fourth-order valence-electron chi connectivity index (χ4n) is 1.19. The Hall–Kier alpha value is -1.40. The molecule has 0 aromatic heterocycles. The van der Waals surface area contributed by atoms with Crippen LogP contribution >= 0.6 is 24.0 Å². The molecule has 1 aliphatic rings. The van der Waals surface area contributed by atoms with Crippen LogP contribution in [0.25, 0.3) is 0 Å². The smallest absolute Gasteiger partial charge is 0.259 e. The first-order valence-electron chi connectivity index (χ1n) is 4.49. The van der Waals surface area contributed by atoms with E-state index in [1.807, 2.05) is 0 Å². The molecule has 16 heavy (non-hydrogen) atoms. The first-order chi connectivity index (χ1) is 7.66. The maximum Gasteiger partial charge on any atom is 0.259 e. The van der Waals surface area contributed by atoms with E-state index in [9.17, 15) is 9.90 Å². The van der Waals surface area contributed by atoms with E-state index in [0.717, 1.165) is 0 Å². The Morgan fingerprint density at radius 2 is 2.38 bits per heavy atom. The number of thiocarbonyl (C=S) groups is 1. The number of phenols is 1. The van der Waals surface area contributed by atoms with Crippen LogP contribution in [0.4, 0.5) is 0 Å². The first-order valence-corrected chi connectivity index (χ1v) is 5.89. The number of phenolic OH excluding ortho intramolecular Hbond substituents is 1. The number of hydrazone groups is 1. The molecule has 0 spiro atoms. The molecule has 1 aromatic carbocycles. The van der Waals surface area contributed by atoms with Crippen LogP contribution in [0.2, 0.25) is 0 Å². The van der Waals surface area contributed by atoms with Crippen molar-refractivity contribution >= 4 is 40.4 Å². The van der Waals surface area contributed by atoms with Crippen molar-refractivity contribution in [2.45, 2.75) is 0 Å². The van der Waals surface area contributed by atoms with Crippen LogP contribution in [0.3, 0.4) is 0 Å². The Labute approximate surface area is 102 Å². The van der Waals surface area contributed by atoms with Gasteiger partial charge in [-0.1, -0.05) is 36.1 Å².